The molecule has 1 amide bonds. The molecule has 25 heavy (non-hydrogen) atoms. The molecule has 0 N–H and O–H groups in total. The summed E-state index contributed by atoms with van der Waals surface area (Å²) in [5, 5.41) is 4.47. The minimum atomic E-state index is -0.00707. The van der Waals surface area contributed by atoms with Gasteiger partial charge in [0.05, 0.1) is 17.4 Å². The van der Waals surface area contributed by atoms with E-state index in [-0.39, 0.29) is 6.04 Å². The van der Waals surface area contributed by atoms with Crippen LogP contribution in [0.4, 0.5) is 0 Å². The Morgan fingerprint density at radius 2 is 2.04 bits per heavy atom. The van der Waals surface area contributed by atoms with Crippen molar-refractivity contribution in [2.45, 2.75) is 58.3 Å². The predicted molar refractivity (Wildman–Crippen MR) is 99.2 cm³/mol. The van der Waals surface area contributed by atoms with Crippen molar-refractivity contribution in [3.8, 4) is 0 Å². The molecule has 0 aromatic carbocycles. The molecule has 0 aliphatic carbocycles. The quantitative estimate of drug-likeness (QED) is 0.810. The highest BCUT2D eigenvalue weighted by Gasteiger charge is 2.45. The van der Waals surface area contributed by atoms with Gasteiger partial charge in [-0.15, -0.1) is 0 Å². The van der Waals surface area contributed by atoms with Gasteiger partial charge >= 0.3 is 0 Å². The SMILES string of the molecule is Cc1cc(CN2C[C@@H]3C[C@H](N(C)C)CN3C(=O)[C@@H]2CC(C)C)n(C)n1. The van der Waals surface area contributed by atoms with Crippen LogP contribution in [0, 0.1) is 12.8 Å². The predicted octanol–water partition coefficient (Wildman–Crippen LogP) is 1.49. The summed E-state index contributed by atoms with van der Waals surface area (Å²) in [5.74, 6) is 0.835. The molecule has 2 fully saturated rings. The minimum Gasteiger partial charge on any atom is -0.335 e. The molecule has 2 aliphatic rings. The Kier molecular flexibility index (Phi) is 5.21. The lowest BCUT2D eigenvalue weighted by atomic mass is 9.97. The number of carbonyl (C=O) groups is 1. The number of nitrogens with zero attached hydrogens (tertiary/aromatic N) is 5. The van der Waals surface area contributed by atoms with Gasteiger partial charge in [0.1, 0.15) is 0 Å². The fraction of sp³-hybridized carbons (Fsp3) is 0.789. The van der Waals surface area contributed by atoms with E-state index in [4.69, 9.17) is 0 Å². The number of likely N-dealkylation sites (N-methyl/N-ethyl adjacent to an activating group) is 1. The first-order valence-corrected chi connectivity index (χ1v) is 9.46. The fourth-order valence-corrected chi connectivity index (χ4v) is 4.35. The molecule has 140 valence electrons. The molecule has 6 nitrogen and oxygen atoms in total. The van der Waals surface area contributed by atoms with Gasteiger partial charge in [-0.1, -0.05) is 13.8 Å². The van der Waals surface area contributed by atoms with E-state index in [0.29, 0.717) is 23.9 Å². The van der Waals surface area contributed by atoms with Crippen molar-refractivity contribution >= 4 is 5.91 Å². The van der Waals surface area contributed by atoms with Crippen LogP contribution in [-0.4, -0.2) is 75.7 Å². The van der Waals surface area contributed by atoms with Gasteiger partial charge in [-0.2, -0.15) is 5.10 Å². The van der Waals surface area contributed by atoms with Crippen LogP contribution in [0.15, 0.2) is 6.07 Å². The highest BCUT2D eigenvalue weighted by Crippen LogP contribution is 2.31. The van der Waals surface area contributed by atoms with Crippen LogP contribution >= 0.6 is 0 Å². The number of fused-ring (bicyclic) bond motifs is 1. The second kappa shape index (κ2) is 7.08. The molecule has 0 saturated carbocycles. The molecule has 1 aromatic heterocycles. The van der Waals surface area contributed by atoms with Crippen molar-refractivity contribution in [3.63, 3.8) is 0 Å². The van der Waals surface area contributed by atoms with Gasteiger partial charge in [-0.25, -0.2) is 0 Å². The topological polar surface area (TPSA) is 44.6 Å². The third-order valence-corrected chi connectivity index (χ3v) is 5.74. The first kappa shape index (κ1) is 18.4. The minimum absolute atomic E-state index is 0.00707. The van der Waals surface area contributed by atoms with Crippen LogP contribution < -0.4 is 0 Å². The van der Waals surface area contributed by atoms with E-state index in [1.807, 2.05) is 18.7 Å². The van der Waals surface area contributed by atoms with E-state index in [0.717, 1.165) is 38.2 Å². The van der Waals surface area contributed by atoms with Gasteiger partial charge < -0.3 is 9.80 Å². The number of aromatic nitrogens is 2. The molecule has 0 unspecified atom stereocenters. The number of piperazine rings is 1. The summed E-state index contributed by atoms with van der Waals surface area (Å²) in [4.78, 5) is 20.1. The molecule has 0 spiro atoms. The van der Waals surface area contributed by atoms with E-state index < -0.39 is 0 Å². The summed E-state index contributed by atoms with van der Waals surface area (Å²) >= 11 is 0. The maximum absolute atomic E-state index is 13.2. The van der Waals surface area contributed by atoms with Gasteiger partial charge in [0.15, 0.2) is 0 Å². The van der Waals surface area contributed by atoms with E-state index in [1.165, 1.54) is 5.69 Å². The van der Waals surface area contributed by atoms with Crippen molar-refractivity contribution < 1.29 is 4.79 Å². The number of carbonyl (C=O) groups excluding carboxylic acids is 1. The normalized spacial score (nSPS) is 27.6. The standard InChI is InChI=1S/C19H33N5O/c1-13(2)7-18-19(25)24-12-15(21(4)5)9-17(24)11-23(18)10-16-8-14(3)20-22(16)6/h8,13,15,17-18H,7,9-12H2,1-6H3/t15-,17-,18-/m0/s1. The number of aryl methyl sites for hydroxylation is 2. The van der Waals surface area contributed by atoms with Crippen LogP contribution in [0.2, 0.25) is 0 Å². The smallest absolute Gasteiger partial charge is 0.240 e. The lowest BCUT2D eigenvalue weighted by Crippen LogP contribution is -2.59. The number of amides is 1. The molecule has 3 heterocycles. The largest absolute Gasteiger partial charge is 0.335 e. The zero-order valence-corrected chi connectivity index (χ0v) is 16.6. The van der Waals surface area contributed by atoms with Crippen LogP contribution in [0.1, 0.15) is 38.1 Å². The van der Waals surface area contributed by atoms with Crippen molar-refractivity contribution in [2.75, 3.05) is 27.2 Å². The Hall–Kier alpha value is -1.40. The van der Waals surface area contributed by atoms with Gasteiger partial charge in [0.2, 0.25) is 5.91 Å². The second-order valence-corrected chi connectivity index (χ2v) is 8.47. The Labute approximate surface area is 151 Å². The number of hydrogen-bond donors (Lipinski definition) is 0. The molecule has 6 heteroatoms. The van der Waals surface area contributed by atoms with Gasteiger partial charge in [-0.3, -0.25) is 14.4 Å². The van der Waals surface area contributed by atoms with E-state index in [2.05, 4.69) is 53.8 Å². The maximum atomic E-state index is 13.2. The lowest BCUT2D eigenvalue weighted by molar-refractivity contribution is -0.145. The first-order chi connectivity index (χ1) is 11.8. The summed E-state index contributed by atoms with van der Waals surface area (Å²) in [6.45, 7) is 9.09. The van der Waals surface area contributed by atoms with Crippen LogP contribution in [0.5, 0.6) is 0 Å². The summed E-state index contributed by atoms with van der Waals surface area (Å²) in [5.41, 5.74) is 2.23. The third-order valence-electron chi connectivity index (χ3n) is 5.74. The molecule has 0 bridgehead atoms. The van der Waals surface area contributed by atoms with Gasteiger partial charge in [-0.05, 0) is 45.8 Å². The Balaban J connectivity index is 1.82. The summed E-state index contributed by atoms with van der Waals surface area (Å²) in [7, 11) is 6.24. The molecule has 1 aromatic rings. The average Bonchev–Trinajstić information content (AvgIpc) is 3.07. The highest BCUT2D eigenvalue weighted by molar-refractivity contribution is 5.83. The fourth-order valence-electron chi connectivity index (χ4n) is 4.35. The molecular weight excluding hydrogens is 314 g/mol. The maximum Gasteiger partial charge on any atom is 0.240 e. The summed E-state index contributed by atoms with van der Waals surface area (Å²) in [6, 6.07) is 2.96. The van der Waals surface area contributed by atoms with E-state index >= 15 is 0 Å². The van der Waals surface area contributed by atoms with E-state index in [1.54, 1.807) is 0 Å². The molecule has 3 rings (SSSR count). The third kappa shape index (κ3) is 3.75. The van der Waals surface area contributed by atoms with Gasteiger partial charge in [0, 0.05) is 38.8 Å². The van der Waals surface area contributed by atoms with Gasteiger partial charge in [0.25, 0.3) is 0 Å². The average molecular weight is 348 g/mol. The van der Waals surface area contributed by atoms with Crippen LogP contribution in [-0.2, 0) is 18.4 Å². The van der Waals surface area contributed by atoms with Crippen LogP contribution in [0.3, 0.4) is 0 Å². The lowest BCUT2D eigenvalue weighted by Gasteiger charge is -2.43. The number of hydrogen-bond acceptors (Lipinski definition) is 4. The highest BCUT2D eigenvalue weighted by atomic mass is 16.2. The zero-order valence-electron chi connectivity index (χ0n) is 16.6. The number of rotatable bonds is 5. The first-order valence-electron chi connectivity index (χ1n) is 9.46. The summed E-state index contributed by atoms with van der Waals surface area (Å²) in [6.07, 6.45) is 2.00. The molecule has 2 aliphatic heterocycles. The van der Waals surface area contributed by atoms with Crippen molar-refractivity contribution in [1.29, 1.82) is 0 Å². The molecule has 2 saturated heterocycles. The zero-order chi connectivity index (χ0) is 18.3. The van der Waals surface area contributed by atoms with Crippen molar-refractivity contribution in [1.82, 2.24) is 24.5 Å². The summed E-state index contributed by atoms with van der Waals surface area (Å²) < 4.78 is 1.95. The Morgan fingerprint density at radius 3 is 2.60 bits per heavy atom. The Bertz CT molecular complexity index is 623. The Morgan fingerprint density at radius 1 is 1.32 bits per heavy atom. The van der Waals surface area contributed by atoms with Crippen LogP contribution in [0.25, 0.3) is 0 Å². The van der Waals surface area contributed by atoms with Crippen molar-refractivity contribution in [3.05, 3.63) is 17.5 Å². The molecular formula is C19H33N5O. The van der Waals surface area contributed by atoms with E-state index in [9.17, 15) is 4.79 Å². The molecule has 3 atom stereocenters. The monoisotopic (exact) mass is 347 g/mol. The van der Waals surface area contributed by atoms with Crippen molar-refractivity contribution in [2.24, 2.45) is 13.0 Å². The second-order valence-electron chi connectivity index (χ2n) is 8.47. The molecule has 0 radical (unpaired) electrons.